The van der Waals surface area contributed by atoms with Crippen molar-refractivity contribution in [2.75, 3.05) is 0 Å². The average molecular weight is 148 g/mol. The van der Waals surface area contributed by atoms with E-state index < -0.39 is 0 Å². The molecule has 0 radical (unpaired) electrons. The highest BCUT2D eigenvalue weighted by molar-refractivity contribution is 5.79. The Morgan fingerprint density at radius 3 is 2.91 bits per heavy atom. The van der Waals surface area contributed by atoms with Gasteiger partial charge in [-0.1, -0.05) is 19.1 Å². The van der Waals surface area contributed by atoms with E-state index >= 15 is 0 Å². The fourth-order valence-electron chi connectivity index (χ4n) is 1.19. The van der Waals surface area contributed by atoms with Crippen LogP contribution < -0.4 is 4.98 Å². The van der Waals surface area contributed by atoms with E-state index in [1.807, 2.05) is 13.0 Å². The molecule has 0 atom stereocenters. The van der Waals surface area contributed by atoms with Gasteiger partial charge in [0.2, 0.25) is 0 Å². The summed E-state index contributed by atoms with van der Waals surface area (Å²) in [5.74, 6) is -0.204. The van der Waals surface area contributed by atoms with Gasteiger partial charge in [-0.05, 0) is 17.5 Å². The minimum Gasteiger partial charge on any atom is -0.661 e. The molecule has 1 nitrogen and oxygen atoms in total. The lowest BCUT2D eigenvalue weighted by Gasteiger charge is -1.98. The molecule has 2 rings (SSSR count). The van der Waals surface area contributed by atoms with Gasteiger partial charge in [0, 0.05) is 0 Å². The molecule has 1 heterocycles. The van der Waals surface area contributed by atoms with Crippen LogP contribution in [0, 0.1) is 12.7 Å². The van der Waals surface area contributed by atoms with E-state index in [1.54, 1.807) is 6.07 Å². The van der Waals surface area contributed by atoms with E-state index in [-0.39, 0.29) is 5.82 Å². The van der Waals surface area contributed by atoms with Crippen molar-refractivity contribution < 1.29 is 4.39 Å². The lowest BCUT2D eigenvalue weighted by atomic mass is 10.2. The van der Waals surface area contributed by atoms with Crippen LogP contribution in [0.1, 0.15) is 5.69 Å². The Bertz CT molecular complexity index is 389. The van der Waals surface area contributed by atoms with Crippen LogP contribution in [-0.4, -0.2) is 0 Å². The lowest BCUT2D eigenvalue weighted by Crippen LogP contribution is -1.73. The maximum Gasteiger partial charge on any atom is 0.123 e. The molecule has 2 aromatic rings. The quantitative estimate of drug-likeness (QED) is 0.558. The molecule has 1 aromatic carbocycles. The van der Waals surface area contributed by atoms with Gasteiger partial charge in [-0.3, -0.25) is 0 Å². The third-order valence-corrected chi connectivity index (χ3v) is 1.65. The highest BCUT2D eigenvalue weighted by atomic mass is 19.1. The molecular formula is C9H7FN-. The molecular weight excluding hydrogens is 141 g/mol. The maximum atomic E-state index is 12.6. The fraction of sp³-hybridized carbons (Fsp3) is 0.111. The zero-order chi connectivity index (χ0) is 7.84. The number of hydrogen-bond donors (Lipinski definition) is 0. The Kier molecular flexibility index (Phi) is 1.22. The molecule has 0 aliphatic heterocycles. The van der Waals surface area contributed by atoms with Gasteiger partial charge in [-0.15, -0.1) is 5.52 Å². The maximum absolute atomic E-state index is 12.6. The highest BCUT2D eigenvalue weighted by Crippen LogP contribution is 2.14. The number of benzene rings is 1. The van der Waals surface area contributed by atoms with Crippen molar-refractivity contribution in [1.29, 1.82) is 0 Å². The van der Waals surface area contributed by atoms with Crippen LogP contribution in [-0.2, 0) is 0 Å². The zero-order valence-corrected chi connectivity index (χ0v) is 6.13. The SMILES string of the molecule is Cc1cc2cc(F)ccc2[n-]1. The first kappa shape index (κ1) is 6.40. The van der Waals surface area contributed by atoms with Gasteiger partial charge < -0.3 is 4.98 Å². The third-order valence-electron chi connectivity index (χ3n) is 1.65. The first-order valence-electron chi connectivity index (χ1n) is 3.45. The molecule has 11 heavy (non-hydrogen) atoms. The standard InChI is InChI=1S/C9H7FN/c1-6-4-7-5-8(10)2-3-9(7)11-6/h2-5H,1H3/q-1. The molecule has 0 fully saturated rings. The molecule has 0 aliphatic rings. The van der Waals surface area contributed by atoms with Crippen LogP contribution in [0.4, 0.5) is 4.39 Å². The van der Waals surface area contributed by atoms with Crippen LogP contribution in [0.5, 0.6) is 0 Å². The summed E-state index contributed by atoms with van der Waals surface area (Å²) in [6.45, 7) is 1.90. The van der Waals surface area contributed by atoms with Gasteiger partial charge in [0.15, 0.2) is 0 Å². The van der Waals surface area contributed by atoms with Crippen molar-refractivity contribution >= 4 is 10.9 Å². The van der Waals surface area contributed by atoms with Gasteiger partial charge in [0.25, 0.3) is 0 Å². The monoisotopic (exact) mass is 148 g/mol. The number of hydrogen-bond acceptors (Lipinski definition) is 0. The summed E-state index contributed by atoms with van der Waals surface area (Å²) in [6, 6.07) is 6.49. The molecule has 0 saturated carbocycles. The van der Waals surface area contributed by atoms with Crippen LogP contribution in [0.3, 0.4) is 0 Å². The minimum atomic E-state index is -0.204. The van der Waals surface area contributed by atoms with E-state index in [1.165, 1.54) is 12.1 Å². The summed E-state index contributed by atoms with van der Waals surface area (Å²) in [4.78, 5) is 4.19. The van der Waals surface area contributed by atoms with Crippen molar-refractivity contribution in [2.24, 2.45) is 0 Å². The normalized spacial score (nSPS) is 10.7. The van der Waals surface area contributed by atoms with E-state index in [9.17, 15) is 4.39 Å². The molecule has 0 bridgehead atoms. The molecule has 0 unspecified atom stereocenters. The molecule has 56 valence electrons. The Hall–Kier alpha value is -1.31. The number of fused-ring (bicyclic) bond motifs is 1. The van der Waals surface area contributed by atoms with Crippen LogP contribution >= 0.6 is 0 Å². The van der Waals surface area contributed by atoms with E-state index in [0.717, 1.165) is 16.6 Å². The van der Waals surface area contributed by atoms with Gasteiger partial charge in [0.05, 0.1) is 0 Å². The number of aromatic nitrogens is 1. The number of nitrogens with zero attached hydrogens (tertiary/aromatic N) is 1. The van der Waals surface area contributed by atoms with E-state index in [4.69, 9.17) is 0 Å². The molecule has 1 aromatic heterocycles. The van der Waals surface area contributed by atoms with Crippen molar-refractivity contribution in [2.45, 2.75) is 6.92 Å². The molecule has 2 heteroatoms. The minimum absolute atomic E-state index is 0.204. The zero-order valence-electron chi connectivity index (χ0n) is 6.13. The lowest BCUT2D eigenvalue weighted by molar-refractivity contribution is 0.629. The topological polar surface area (TPSA) is 14.1 Å². The van der Waals surface area contributed by atoms with Crippen LogP contribution in [0.15, 0.2) is 24.3 Å². The Morgan fingerprint density at radius 2 is 2.09 bits per heavy atom. The first-order chi connectivity index (χ1) is 5.25. The Morgan fingerprint density at radius 1 is 1.27 bits per heavy atom. The van der Waals surface area contributed by atoms with Gasteiger partial charge in [-0.25, -0.2) is 4.39 Å². The van der Waals surface area contributed by atoms with Gasteiger partial charge in [-0.2, -0.15) is 5.69 Å². The summed E-state index contributed by atoms with van der Waals surface area (Å²) in [7, 11) is 0. The summed E-state index contributed by atoms with van der Waals surface area (Å²) >= 11 is 0. The average Bonchev–Trinajstić information content (AvgIpc) is 2.27. The molecule has 0 N–H and O–H groups in total. The second kappa shape index (κ2) is 2.09. The molecule has 0 amide bonds. The Labute approximate surface area is 63.9 Å². The van der Waals surface area contributed by atoms with E-state index in [2.05, 4.69) is 4.98 Å². The van der Waals surface area contributed by atoms with Crippen molar-refractivity contribution in [3.05, 3.63) is 35.8 Å². The third kappa shape index (κ3) is 1.00. The van der Waals surface area contributed by atoms with Crippen molar-refractivity contribution in [3.63, 3.8) is 0 Å². The van der Waals surface area contributed by atoms with Gasteiger partial charge >= 0.3 is 0 Å². The summed E-state index contributed by atoms with van der Waals surface area (Å²) in [5.41, 5.74) is 1.80. The summed E-state index contributed by atoms with van der Waals surface area (Å²) < 4.78 is 12.6. The first-order valence-corrected chi connectivity index (χ1v) is 3.45. The summed E-state index contributed by atoms with van der Waals surface area (Å²) in [6.07, 6.45) is 0. The van der Waals surface area contributed by atoms with Crippen molar-refractivity contribution in [1.82, 2.24) is 4.98 Å². The second-order valence-electron chi connectivity index (χ2n) is 2.60. The number of halogens is 1. The molecule has 0 aliphatic carbocycles. The van der Waals surface area contributed by atoms with Gasteiger partial charge in [0.1, 0.15) is 5.82 Å². The fourth-order valence-corrected chi connectivity index (χ4v) is 1.19. The van der Waals surface area contributed by atoms with Crippen molar-refractivity contribution in [3.8, 4) is 0 Å². The number of rotatable bonds is 0. The Balaban J connectivity index is 2.82. The molecule has 0 saturated heterocycles. The summed E-state index contributed by atoms with van der Waals surface area (Å²) in [5, 5.41) is 0.877. The predicted octanol–water partition coefficient (Wildman–Crippen LogP) is 2.24. The second-order valence-corrected chi connectivity index (χ2v) is 2.60. The van der Waals surface area contributed by atoms with E-state index in [0.29, 0.717) is 0 Å². The van der Waals surface area contributed by atoms with Crippen LogP contribution in [0.25, 0.3) is 10.9 Å². The number of aryl methyl sites for hydroxylation is 1. The molecule has 0 spiro atoms. The largest absolute Gasteiger partial charge is 0.661 e. The highest BCUT2D eigenvalue weighted by Gasteiger charge is 1.89. The van der Waals surface area contributed by atoms with Crippen LogP contribution in [0.2, 0.25) is 0 Å². The predicted molar refractivity (Wildman–Crippen MR) is 42.0 cm³/mol. The smallest absolute Gasteiger partial charge is 0.123 e.